The predicted octanol–water partition coefficient (Wildman–Crippen LogP) is 0.565. The molecule has 0 heterocycles. The van der Waals surface area contributed by atoms with E-state index in [1.807, 2.05) is 6.92 Å². The number of sulfone groups is 1. The van der Waals surface area contributed by atoms with E-state index in [1.165, 1.54) is 6.26 Å². The molecule has 5 heteroatoms. The zero-order valence-electron chi connectivity index (χ0n) is 9.25. The average Bonchev–Trinajstić information content (AvgIpc) is 1.98. The molecule has 1 unspecified atom stereocenters. The van der Waals surface area contributed by atoms with E-state index in [0.717, 1.165) is 6.42 Å². The summed E-state index contributed by atoms with van der Waals surface area (Å²) in [5, 5.41) is 0. The molecule has 0 fully saturated rings. The van der Waals surface area contributed by atoms with Crippen molar-refractivity contribution in [1.82, 2.24) is 0 Å². The minimum absolute atomic E-state index is 0.215. The topological polar surface area (TPSA) is 69.4 Å². The Morgan fingerprint density at radius 2 is 1.93 bits per heavy atom. The van der Waals surface area contributed by atoms with Crippen molar-refractivity contribution >= 4 is 9.84 Å². The van der Waals surface area contributed by atoms with Crippen LogP contribution in [0.4, 0.5) is 0 Å². The molecule has 0 rings (SSSR count). The lowest BCUT2D eigenvalue weighted by atomic mass is 9.94. The van der Waals surface area contributed by atoms with E-state index in [2.05, 4.69) is 0 Å². The van der Waals surface area contributed by atoms with Crippen molar-refractivity contribution in [3.05, 3.63) is 0 Å². The lowest BCUT2D eigenvalue weighted by Crippen LogP contribution is -2.37. The molecule has 0 aromatic heterocycles. The highest BCUT2D eigenvalue weighted by molar-refractivity contribution is 7.90. The van der Waals surface area contributed by atoms with Crippen LogP contribution in [0.15, 0.2) is 0 Å². The fraction of sp³-hybridized carbons (Fsp3) is 1.00. The fourth-order valence-electron chi connectivity index (χ4n) is 1.20. The second-order valence-electron chi connectivity index (χ2n) is 4.13. The molecule has 0 aromatic carbocycles. The van der Waals surface area contributed by atoms with Gasteiger partial charge >= 0.3 is 0 Å². The zero-order chi connectivity index (χ0) is 11.2. The molecule has 1 atom stereocenters. The molecule has 0 spiro atoms. The molecule has 0 bridgehead atoms. The van der Waals surface area contributed by atoms with Gasteiger partial charge in [-0.1, -0.05) is 0 Å². The number of nitrogens with two attached hydrogens (primary N) is 1. The summed E-state index contributed by atoms with van der Waals surface area (Å²) in [6.45, 7) is 2.54. The maximum atomic E-state index is 10.9. The van der Waals surface area contributed by atoms with Crippen molar-refractivity contribution in [2.75, 3.05) is 25.7 Å². The van der Waals surface area contributed by atoms with Crippen LogP contribution in [0.5, 0.6) is 0 Å². The molecule has 0 aliphatic carbocycles. The van der Waals surface area contributed by atoms with E-state index in [-0.39, 0.29) is 11.3 Å². The van der Waals surface area contributed by atoms with E-state index in [4.69, 9.17) is 10.5 Å². The van der Waals surface area contributed by atoms with Gasteiger partial charge in [-0.05, 0) is 26.2 Å². The van der Waals surface area contributed by atoms with Gasteiger partial charge in [0.1, 0.15) is 9.84 Å². The molecule has 0 aliphatic rings. The lowest BCUT2D eigenvalue weighted by Gasteiger charge is -2.23. The van der Waals surface area contributed by atoms with Crippen molar-refractivity contribution in [2.45, 2.75) is 31.7 Å². The zero-order valence-corrected chi connectivity index (χ0v) is 10.1. The molecule has 0 radical (unpaired) electrons. The highest BCUT2D eigenvalue weighted by atomic mass is 32.2. The minimum atomic E-state index is -2.85. The second kappa shape index (κ2) is 5.68. The van der Waals surface area contributed by atoms with E-state index >= 15 is 0 Å². The van der Waals surface area contributed by atoms with Crippen LogP contribution in [-0.4, -0.2) is 39.7 Å². The fourth-order valence-corrected chi connectivity index (χ4v) is 1.87. The molecule has 0 amide bonds. The summed E-state index contributed by atoms with van der Waals surface area (Å²) < 4.78 is 26.7. The molecule has 0 aliphatic heterocycles. The first-order valence-corrected chi connectivity index (χ1v) is 6.78. The van der Waals surface area contributed by atoms with Crippen LogP contribution in [0.1, 0.15) is 26.2 Å². The average molecular weight is 223 g/mol. The normalized spacial score (nSPS) is 16.6. The largest absolute Gasteiger partial charge is 0.385 e. The van der Waals surface area contributed by atoms with Crippen LogP contribution in [0, 0.1) is 0 Å². The van der Waals surface area contributed by atoms with Gasteiger partial charge in [-0.3, -0.25) is 0 Å². The van der Waals surface area contributed by atoms with Crippen LogP contribution in [0.3, 0.4) is 0 Å². The summed E-state index contributed by atoms with van der Waals surface area (Å²) in [6.07, 6.45) is 3.34. The molecular formula is C9H21NO3S. The summed E-state index contributed by atoms with van der Waals surface area (Å²) in [5.41, 5.74) is 5.64. The van der Waals surface area contributed by atoms with Gasteiger partial charge < -0.3 is 10.5 Å². The highest BCUT2D eigenvalue weighted by Crippen LogP contribution is 2.13. The summed E-state index contributed by atoms with van der Waals surface area (Å²) in [6, 6.07) is 0. The maximum absolute atomic E-state index is 10.9. The Bertz CT molecular complexity index is 247. The quantitative estimate of drug-likeness (QED) is 0.685. The van der Waals surface area contributed by atoms with Gasteiger partial charge in [0.2, 0.25) is 0 Å². The van der Waals surface area contributed by atoms with Gasteiger partial charge in [0.25, 0.3) is 0 Å². The molecule has 0 aromatic rings. The number of hydrogen-bond donors (Lipinski definition) is 1. The maximum Gasteiger partial charge on any atom is 0.147 e. The Morgan fingerprint density at radius 1 is 1.36 bits per heavy atom. The van der Waals surface area contributed by atoms with Gasteiger partial charge in [0.15, 0.2) is 0 Å². The standard InChI is InChI=1S/C9H21NO3S/c1-9(10,6-7-13-2)5-4-8-14(3,11)12/h4-8,10H2,1-3H3. The molecule has 0 saturated heterocycles. The van der Waals surface area contributed by atoms with Crippen LogP contribution < -0.4 is 5.73 Å². The summed E-state index contributed by atoms with van der Waals surface area (Å²) in [7, 11) is -1.22. The van der Waals surface area contributed by atoms with Gasteiger partial charge in [-0.25, -0.2) is 8.42 Å². The van der Waals surface area contributed by atoms with Crippen molar-refractivity contribution < 1.29 is 13.2 Å². The molecule has 86 valence electrons. The summed E-state index contributed by atoms with van der Waals surface area (Å²) in [5.74, 6) is 0.215. The molecule has 2 N–H and O–H groups in total. The highest BCUT2D eigenvalue weighted by Gasteiger charge is 2.18. The number of hydrogen-bond acceptors (Lipinski definition) is 4. The van der Waals surface area contributed by atoms with Gasteiger partial charge in [0, 0.05) is 31.3 Å². The third-order valence-electron chi connectivity index (χ3n) is 2.14. The van der Waals surface area contributed by atoms with Crippen molar-refractivity contribution in [3.63, 3.8) is 0 Å². The van der Waals surface area contributed by atoms with Crippen LogP contribution >= 0.6 is 0 Å². The lowest BCUT2D eigenvalue weighted by molar-refractivity contribution is 0.169. The number of ether oxygens (including phenoxy) is 1. The molecule has 0 saturated carbocycles. The van der Waals surface area contributed by atoms with Crippen LogP contribution in [-0.2, 0) is 14.6 Å². The summed E-state index contributed by atoms with van der Waals surface area (Å²) in [4.78, 5) is 0. The molecular weight excluding hydrogens is 202 g/mol. The first kappa shape index (κ1) is 13.9. The SMILES string of the molecule is COCCC(C)(N)CCCS(C)(=O)=O. The Balaban J connectivity index is 3.76. The van der Waals surface area contributed by atoms with E-state index in [0.29, 0.717) is 19.4 Å². The summed E-state index contributed by atoms with van der Waals surface area (Å²) >= 11 is 0. The minimum Gasteiger partial charge on any atom is -0.385 e. The third-order valence-corrected chi connectivity index (χ3v) is 3.17. The first-order valence-electron chi connectivity index (χ1n) is 4.72. The number of rotatable bonds is 7. The second-order valence-corrected chi connectivity index (χ2v) is 6.39. The third kappa shape index (κ3) is 8.47. The van der Waals surface area contributed by atoms with E-state index in [1.54, 1.807) is 7.11 Å². The van der Waals surface area contributed by atoms with E-state index in [9.17, 15) is 8.42 Å². The van der Waals surface area contributed by atoms with Crippen molar-refractivity contribution in [3.8, 4) is 0 Å². The molecule has 4 nitrogen and oxygen atoms in total. The van der Waals surface area contributed by atoms with Crippen LogP contribution in [0.25, 0.3) is 0 Å². The van der Waals surface area contributed by atoms with Crippen LogP contribution in [0.2, 0.25) is 0 Å². The Hall–Kier alpha value is -0.130. The molecule has 14 heavy (non-hydrogen) atoms. The van der Waals surface area contributed by atoms with Gasteiger partial charge in [-0.15, -0.1) is 0 Å². The Morgan fingerprint density at radius 3 is 2.36 bits per heavy atom. The first-order chi connectivity index (χ1) is 6.27. The Labute approximate surface area is 86.7 Å². The predicted molar refractivity (Wildman–Crippen MR) is 58.0 cm³/mol. The number of methoxy groups -OCH3 is 1. The monoisotopic (exact) mass is 223 g/mol. The van der Waals surface area contributed by atoms with E-state index < -0.39 is 9.84 Å². The Kier molecular flexibility index (Phi) is 5.63. The van der Waals surface area contributed by atoms with Gasteiger partial charge in [-0.2, -0.15) is 0 Å². The van der Waals surface area contributed by atoms with Crippen molar-refractivity contribution in [2.24, 2.45) is 5.73 Å². The van der Waals surface area contributed by atoms with Crippen molar-refractivity contribution in [1.29, 1.82) is 0 Å². The van der Waals surface area contributed by atoms with Gasteiger partial charge in [0.05, 0.1) is 0 Å². The smallest absolute Gasteiger partial charge is 0.147 e.